The van der Waals surface area contributed by atoms with E-state index in [0.717, 1.165) is 57.8 Å². The predicted octanol–water partition coefficient (Wildman–Crippen LogP) is 3.31. The standard InChI is InChI=1S/C37H73NO11/c1-3-5-7-9-11-12-13-14-15-16-17-19-21-23-31(43)38(24-22-20-18-10-8-6-4-2)25-28(41)32(44)36(29(42)26-39)49-37-35(47)34(46)33(45)30(27-40)48-37/h28-30,32-37,39-42,44-47H,3-27H2,1-2H3. The number of rotatable bonds is 31. The van der Waals surface area contributed by atoms with Gasteiger partial charge >= 0.3 is 0 Å². The molecule has 0 aromatic rings. The molecule has 0 radical (unpaired) electrons. The largest absolute Gasteiger partial charge is 0.394 e. The normalized spacial score (nSPS) is 23.7. The zero-order chi connectivity index (χ0) is 36.4. The number of carbonyl (C=O) groups excluding carboxylic acids is 1. The molecule has 9 unspecified atom stereocenters. The van der Waals surface area contributed by atoms with Gasteiger partial charge in [-0.2, -0.15) is 0 Å². The van der Waals surface area contributed by atoms with Crippen molar-refractivity contribution in [3.8, 4) is 0 Å². The monoisotopic (exact) mass is 708 g/mol. The van der Waals surface area contributed by atoms with E-state index >= 15 is 0 Å². The van der Waals surface area contributed by atoms with E-state index < -0.39 is 68.3 Å². The third kappa shape index (κ3) is 18.9. The van der Waals surface area contributed by atoms with Gasteiger partial charge in [-0.25, -0.2) is 0 Å². The summed E-state index contributed by atoms with van der Waals surface area (Å²) in [6.45, 7) is 2.99. The summed E-state index contributed by atoms with van der Waals surface area (Å²) >= 11 is 0. The molecule has 0 bridgehead atoms. The Morgan fingerprint density at radius 3 is 1.59 bits per heavy atom. The number of unbranched alkanes of at least 4 members (excludes halogenated alkanes) is 18. The molecule has 1 aliphatic heterocycles. The number of nitrogens with zero attached hydrogens (tertiary/aromatic N) is 1. The highest BCUT2D eigenvalue weighted by Gasteiger charge is 2.47. The van der Waals surface area contributed by atoms with Crippen LogP contribution in [0.15, 0.2) is 0 Å². The summed E-state index contributed by atoms with van der Waals surface area (Å²) < 4.78 is 10.9. The molecule has 1 aliphatic rings. The van der Waals surface area contributed by atoms with Crippen LogP contribution in [-0.4, -0.2) is 133 Å². The Hall–Kier alpha value is -0.930. The first kappa shape index (κ1) is 46.1. The molecule has 292 valence electrons. The molecule has 12 heteroatoms. The van der Waals surface area contributed by atoms with Crippen molar-refractivity contribution in [3.63, 3.8) is 0 Å². The van der Waals surface area contributed by atoms with E-state index in [9.17, 15) is 45.6 Å². The third-order valence-corrected chi connectivity index (χ3v) is 9.72. The quantitative estimate of drug-likeness (QED) is 0.0492. The van der Waals surface area contributed by atoms with Crippen molar-refractivity contribution < 1.29 is 55.1 Å². The Balaban J connectivity index is 2.70. The van der Waals surface area contributed by atoms with E-state index in [1.165, 1.54) is 75.5 Å². The lowest BCUT2D eigenvalue weighted by atomic mass is 9.98. The number of aliphatic hydroxyl groups excluding tert-OH is 8. The fourth-order valence-electron chi connectivity index (χ4n) is 6.42. The molecule has 1 heterocycles. The summed E-state index contributed by atoms with van der Waals surface area (Å²) in [5.74, 6) is -0.130. The Kier molecular flexibility index (Phi) is 26.9. The number of aliphatic hydroxyl groups is 8. The van der Waals surface area contributed by atoms with Gasteiger partial charge in [0.25, 0.3) is 0 Å². The Morgan fingerprint density at radius 1 is 0.653 bits per heavy atom. The van der Waals surface area contributed by atoms with Crippen LogP contribution in [0.2, 0.25) is 0 Å². The topological polar surface area (TPSA) is 201 Å². The van der Waals surface area contributed by atoms with Crippen LogP contribution < -0.4 is 0 Å². The average molecular weight is 708 g/mol. The van der Waals surface area contributed by atoms with Gasteiger partial charge in [0.2, 0.25) is 5.91 Å². The predicted molar refractivity (Wildman–Crippen MR) is 189 cm³/mol. The van der Waals surface area contributed by atoms with Gasteiger partial charge < -0.3 is 55.2 Å². The first-order valence-electron chi connectivity index (χ1n) is 19.5. The van der Waals surface area contributed by atoms with Crippen molar-refractivity contribution >= 4 is 5.91 Å². The molecule has 12 nitrogen and oxygen atoms in total. The zero-order valence-corrected chi connectivity index (χ0v) is 30.6. The van der Waals surface area contributed by atoms with Crippen molar-refractivity contribution in [2.24, 2.45) is 0 Å². The smallest absolute Gasteiger partial charge is 0.222 e. The van der Waals surface area contributed by atoms with Crippen molar-refractivity contribution in [3.05, 3.63) is 0 Å². The maximum absolute atomic E-state index is 13.3. The SMILES string of the molecule is CCCCCCCCCCCCCCCC(=O)N(CCCCCCCCC)CC(O)C(O)C(OC1OC(CO)C(O)C(O)C1O)C(O)CO. The van der Waals surface area contributed by atoms with Crippen molar-refractivity contribution in [2.75, 3.05) is 26.3 Å². The first-order chi connectivity index (χ1) is 23.6. The molecule has 1 rings (SSSR count). The molecule has 0 spiro atoms. The van der Waals surface area contributed by atoms with Crippen LogP contribution in [-0.2, 0) is 14.3 Å². The number of ether oxygens (including phenoxy) is 2. The highest BCUT2D eigenvalue weighted by molar-refractivity contribution is 5.76. The van der Waals surface area contributed by atoms with Gasteiger partial charge in [-0.1, -0.05) is 129 Å². The van der Waals surface area contributed by atoms with Gasteiger partial charge in [-0.3, -0.25) is 4.79 Å². The van der Waals surface area contributed by atoms with Crippen LogP contribution in [0.5, 0.6) is 0 Å². The Labute approximate surface area is 295 Å². The number of amides is 1. The fraction of sp³-hybridized carbons (Fsp3) is 0.973. The highest BCUT2D eigenvalue weighted by atomic mass is 16.7. The van der Waals surface area contributed by atoms with Gasteiger partial charge in [-0.15, -0.1) is 0 Å². The highest BCUT2D eigenvalue weighted by Crippen LogP contribution is 2.25. The molecule has 0 aliphatic carbocycles. The Morgan fingerprint density at radius 2 is 1.12 bits per heavy atom. The molecule has 0 aromatic carbocycles. The first-order valence-corrected chi connectivity index (χ1v) is 19.5. The third-order valence-electron chi connectivity index (χ3n) is 9.72. The van der Waals surface area contributed by atoms with Crippen LogP contribution in [0.3, 0.4) is 0 Å². The molecule has 9 atom stereocenters. The number of carbonyl (C=O) groups is 1. The lowest BCUT2D eigenvalue weighted by Gasteiger charge is -2.42. The van der Waals surface area contributed by atoms with Crippen molar-refractivity contribution in [1.82, 2.24) is 4.90 Å². The second-order valence-electron chi connectivity index (χ2n) is 14.1. The molecule has 1 saturated heterocycles. The summed E-state index contributed by atoms with van der Waals surface area (Å²) in [6, 6.07) is 0. The lowest BCUT2D eigenvalue weighted by molar-refractivity contribution is -0.327. The number of hydrogen-bond donors (Lipinski definition) is 8. The van der Waals surface area contributed by atoms with Crippen LogP contribution in [0.4, 0.5) is 0 Å². The summed E-state index contributed by atoms with van der Waals surface area (Å²) in [7, 11) is 0. The van der Waals surface area contributed by atoms with E-state index in [1.807, 2.05) is 0 Å². The van der Waals surface area contributed by atoms with Crippen LogP contribution in [0.25, 0.3) is 0 Å². The van der Waals surface area contributed by atoms with Crippen LogP contribution >= 0.6 is 0 Å². The van der Waals surface area contributed by atoms with Crippen LogP contribution in [0.1, 0.15) is 149 Å². The molecular weight excluding hydrogens is 634 g/mol. The van der Waals surface area contributed by atoms with Gasteiger partial charge in [0.1, 0.15) is 48.8 Å². The Bertz CT molecular complexity index is 791. The van der Waals surface area contributed by atoms with E-state index in [4.69, 9.17) is 9.47 Å². The minimum Gasteiger partial charge on any atom is -0.394 e. The van der Waals surface area contributed by atoms with Crippen molar-refractivity contribution in [1.29, 1.82) is 0 Å². The molecular formula is C37H73NO11. The second-order valence-corrected chi connectivity index (χ2v) is 14.1. The summed E-state index contributed by atoms with van der Waals surface area (Å²) in [5, 5.41) is 82.3. The molecule has 1 fully saturated rings. The van der Waals surface area contributed by atoms with Crippen molar-refractivity contribution in [2.45, 2.75) is 204 Å². The number of hydrogen-bond acceptors (Lipinski definition) is 11. The minimum atomic E-state index is -1.82. The summed E-state index contributed by atoms with van der Waals surface area (Å²) in [4.78, 5) is 14.9. The van der Waals surface area contributed by atoms with Crippen LogP contribution in [0, 0.1) is 0 Å². The van der Waals surface area contributed by atoms with Gasteiger partial charge in [-0.05, 0) is 12.8 Å². The molecule has 49 heavy (non-hydrogen) atoms. The van der Waals surface area contributed by atoms with E-state index in [0.29, 0.717) is 13.0 Å². The minimum absolute atomic E-state index is 0.130. The lowest BCUT2D eigenvalue weighted by Crippen LogP contribution is -2.61. The fourth-order valence-corrected chi connectivity index (χ4v) is 6.42. The molecule has 1 amide bonds. The van der Waals surface area contributed by atoms with E-state index in [1.54, 1.807) is 0 Å². The second kappa shape index (κ2) is 28.6. The van der Waals surface area contributed by atoms with E-state index in [2.05, 4.69) is 13.8 Å². The molecule has 8 N–H and O–H groups in total. The van der Waals surface area contributed by atoms with Gasteiger partial charge in [0, 0.05) is 19.5 Å². The average Bonchev–Trinajstić information content (AvgIpc) is 3.10. The molecule has 0 aromatic heterocycles. The van der Waals surface area contributed by atoms with Gasteiger partial charge in [0.15, 0.2) is 6.29 Å². The van der Waals surface area contributed by atoms with E-state index in [-0.39, 0.29) is 12.5 Å². The maximum atomic E-state index is 13.3. The summed E-state index contributed by atoms with van der Waals surface area (Å²) in [5.41, 5.74) is 0. The zero-order valence-electron chi connectivity index (χ0n) is 30.6. The molecule has 0 saturated carbocycles. The van der Waals surface area contributed by atoms with Gasteiger partial charge in [0.05, 0.1) is 13.2 Å². The maximum Gasteiger partial charge on any atom is 0.222 e. The summed E-state index contributed by atoms with van der Waals surface area (Å²) in [6.07, 6.45) is 8.23.